The molecular formula is C9H14IN. The third kappa shape index (κ3) is 7.81. The maximum atomic E-state index is 5.03. The van der Waals surface area contributed by atoms with Gasteiger partial charge >= 0.3 is 0 Å². The van der Waals surface area contributed by atoms with Crippen LogP contribution in [-0.4, -0.2) is 6.54 Å². The van der Waals surface area contributed by atoms with Crippen LogP contribution in [0, 0.1) is 3.57 Å². The lowest BCUT2D eigenvalue weighted by molar-refractivity contribution is 0.932. The van der Waals surface area contributed by atoms with Crippen molar-refractivity contribution >= 4 is 22.6 Å². The van der Waals surface area contributed by atoms with Crippen LogP contribution in [0.1, 0.15) is 13.3 Å². The fraction of sp³-hybridized carbons (Fsp3) is 0.333. The van der Waals surface area contributed by atoms with Gasteiger partial charge in [0, 0.05) is 3.57 Å². The molecule has 11 heavy (non-hydrogen) atoms. The second kappa shape index (κ2) is 8.01. The van der Waals surface area contributed by atoms with Crippen LogP contribution in [0.5, 0.6) is 0 Å². The van der Waals surface area contributed by atoms with Gasteiger partial charge in [-0.05, 0) is 47.7 Å². The Morgan fingerprint density at radius 2 is 1.73 bits per heavy atom. The Labute approximate surface area is 82.1 Å². The second-order valence-corrected chi connectivity index (χ2v) is 3.33. The summed E-state index contributed by atoms with van der Waals surface area (Å²) in [5, 5.41) is 0. The Kier molecular flexibility index (Phi) is 7.95. The summed E-state index contributed by atoms with van der Waals surface area (Å²) in [6, 6.07) is 10.2. The molecule has 1 aromatic carbocycles. The Morgan fingerprint density at radius 1 is 1.27 bits per heavy atom. The molecule has 0 radical (unpaired) electrons. The van der Waals surface area contributed by atoms with E-state index in [9.17, 15) is 0 Å². The smallest absolute Gasteiger partial charge is 0.0130 e. The fourth-order valence-electron chi connectivity index (χ4n) is 0.415. The Bertz CT molecular complexity index is 160. The number of hydrogen-bond acceptors (Lipinski definition) is 1. The molecule has 0 unspecified atom stereocenters. The molecule has 1 nitrogen and oxygen atoms in total. The molecule has 0 aliphatic heterocycles. The summed E-state index contributed by atoms with van der Waals surface area (Å²) < 4.78 is 1.29. The van der Waals surface area contributed by atoms with Crippen molar-refractivity contribution in [3.63, 3.8) is 0 Å². The minimum atomic E-state index is 0.819. The highest BCUT2D eigenvalue weighted by molar-refractivity contribution is 14.1. The van der Waals surface area contributed by atoms with Crippen molar-refractivity contribution < 1.29 is 0 Å². The van der Waals surface area contributed by atoms with Gasteiger partial charge in [-0.3, -0.25) is 0 Å². The van der Waals surface area contributed by atoms with E-state index in [4.69, 9.17) is 5.73 Å². The number of nitrogens with two attached hydrogens (primary N) is 1. The van der Waals surface area contributed by atoms with Crippen LogP contribution in [-0.2, 0) is 0 Å². The average Bonchev–Trinajstić information content (AvgIpc) is 2.07. The first kappa shape index (κ1) is 10.9. The molecule has 0 aromatic heterocycles. The third-order valence-corrected chi connectivity index (χ3v) is 1.74. The molecule has 0 fully saturated rings. The van der Waals surface area contributed by atoms with E-state index in [2.05, 4.69) is 41.6 Å². The van der Waals surface area contributed by atoms with Crippen molar-refractivity contribution in [2.24, 2.45) is 5.73 Å². The highest BCUT2D eigenvalue weighted by atomic mass is 127. The summed E-state index contributed by atoms with van der Waals surface area (Å²) in [5.74, 6) is 0. The molecule has 0 atom stereocenters. The summed E-state index contributed by atoms with van der Waals surface area (Å²) in [6.45, 7) is 2.88. The van der Waals surface area contributed by atoms with Crippen molar-refractivity contribution in [3.8, 4) is 0 Å². The van der Waals surface area contributed by atoms with Gasteiger partial charge < -0.3 is 5.73 Å². The van der Waals surface area contributed by atoms with Gasteiger partial charge in [0.25, 0.3) is 0 Å². The van der Waals surface area contributed by atoms with Crippen LogP contribution in [0.3, 0.4) is 0 Å². The van der Waals surface area contributed by atoms with E-state index in [1.165, 1.54) is 3.57 Å². The van der Waals surface area contributed by atoms with Gasteiger partial charge in [0.05, 0.1) is 0 Å². The number of rotatable bonds is 1. The Balaban J connectivity index is 0.000000218. The van der Waals surface area contributed by atoms with Crippen molar-refractivity contribution in [3.05, 3.63) is 33.9 Å². The quantitative estimate of drug-likeness (QED) is 0.774. The number of hydrogen-bond donors (Lipinski definition) is 1. The van der Waals surface area contributed by atoms with Crippen LogP contribution in [0.15, 0.2) is 30.3 Å². The van der Waals surface area contributed by atoms with E-state index < -0.39 is 0 Å². The lowest BCUT2D eigenvalue weighted by Crippen LogP contribution is -1.93. The van der Waals surface area contributed by atoms with Crippen LogP contribution in [0.4, 0.5) is 0 Å². The van der Waals surface area contributed by atoms with Crippen molar-refractivity contribution in [1.82, 2.24) is 0 Å². The minimum absolute atomic E-state index is 0.819. The van der Waals surface area contributed by atoms with E-state index in [0.717, 1.165) is 13.0 Å². The van der Waals surface area contributed by atoms with Gasteiger partial charge in [-0.1, -0.05) is 25.1 Å². The molecule has 0 saturated heterocycles. The largest absolute Gasteiger partial charge is 0.330 e. The Hall–Kier alpha value is -0.0900. The van der Waals surface area contributed by atoms with E-state index in [1.54, 1.807) is 0 Å². The normalized spacial score (nSPS) is 8.27. The first-order valence-electron chi connectivity index (χ1n) is 3.72. The lowest BCUT2D eigenvalue weighted by Gasteiger charge is -1.80. The average molecular weight is 263 g/mol. The number of benzene rings is 1. The van der Waals surface area contributed by atoms with E-state index in [1.807, 2.05) is 18.2 Å². The van der Waals surface area contributed by atoms with Crippen molar-refractivity contribution in [2.75, 3.05) is 6.54 Å². The van der Waals surface area contributed by atoms with Crippen LogP contribution in [0.2, 0.25) is 0 Å². The van der Waals surface area contributed by atoms with Gasteiger partial charge in [0.15, 0.2) is 0 Å². The highest BCUT2D eigenvalue weighted by Crippen LogP contribution is 1.99. The zero-order chi connectivity index (χ0) is 8.53. The molecule has 2 heteroatoms. The maximum absolute atomic E-state index is 5.03. The molecule has 1 rings (SSSR count). The standard InChI is InChI=1S/C6H5I.C3H9N/c7-6-4-2-1-3-5-6;1-2-3-4/h1-5H;2-4H2,1H3. The molecular weight excluding hydrogens is 249 g/mol. The fourth-order valence-corrected chi connectivity index (χ4v) is 0.830. The van der Waals surface area contributed by atoms with Gasteiger partial charge in [-0.15, -0.1) is 0 Å². The minimum Gasteiger partial charge on any atom is -0.330 e. The molecule has 0 spiro atoms. The molecule has 2 N–H and O–H groups in total. The van der Waals surface area contributed by atoms with Crippen LogP contribution < -0.4 is 5.73 Å². The summed E-state index contributed by atoms with van der Waals surface area (Å²) in [4.78, 5) is 0. The molecule has 0 amide bonds. The topological polar surface area (TPSA) is 26.0 Å². The zero-order valence-corrected chi connectivity index (χ0v) is 8.91. The van der Waals surface area contributed by atoms with E-state index in [0.29, 0.717) is 0 Å². The van der Waals surface area contributed by atoms with Crippen molar-refractivity contribution in [1.29, 1.82) is 0 Å². The summed E-state index contributed by atoms with van der Waals surface area (Å²) in [7, 11) is 0. The van der Waals surface area contributed by atoms with E-state index >= 15 is 0 Å². The summed E-state index contributed by atoms with van der Waals surface area (Å²) in [6.07, 6.45) is 1.10. The van der Waals surface area contributed by atoms with Crippen molar-refractivity contribution in [2.45, 2.75) is 13.3 Å². The maximum Gasteiger partial charge on any atom is 0.0130 e. The molecule has 0 heterocycles. The molecule has 1 aromatic rings. The predicted molar refractivity (Wildman–Crippen MR) is 58.5 cm³/mol. The molecule has 62 valence electrons. The Morgan fingerprint density at radius 3 is 1.91 bits per heavy atom. The van der Waals surface area contributed by atoms with Gasteiger partial charge in [0.2, 0.25) is 0 Å². The highest BCUT2D eigenvalue weighted by Gasteiger charge is 1.74. The first-order chi connectivity index (χ1) is 5.31. The summed E-state index contributed by atoms with van der Waals surface area (Å²) in [5.41, 5.74) is 5.03. The summed E-state index contributed by atoms with van der Waals surface area (Å²) >= 11 is 2.28. The number of halogens is 1. The molecule has 0 aliphatic rings. The SMILES string of the molecule is CCCN.Ic1ccccc1. The first-order valence-corrected chi connectivity index (χ1v) is 4.79. The lowest BCUT2D eigenvalue weighted by atomic mass is 10.4. The van der Waals surface area contributed by atoms with Gasteiger partial charge in [0.1, 0.15) is 0 Å². The zero-order valence-electron chi connectivity index (χ0n) is 6.76. The second-order valence-electron chi connectivity index (χ2n) is 2.08. The van der Waals surface area contributed by atoms with E-state index in [-0.39, 0.29) is 0 Å². The van der Waals surface area contributed by atoms with Crippen LogP contribution >= 0.6 is 22.6 Å². The third-order valence-electron chi connectivity index (χ3n) is 1.02. The molecule has 0 bridgehead atoms. The van der Waals surface area contributed by atoms with Crippen LogP contribution in [0.25, 0.3) is 0 Å². The monoisotopic (exact) mass is 263 g/mol. The van der Waals surface area contributed by atoms with Gasteiger partial charge in [-0.2, -0.15) is 0 Å². The predicted octanol–water partition coefficient (Wildman–Crippen LogP) is 2.65. The molecule has 0 aliphatic carbocycles. The molecule has 0 saturated carbocycles. The van der Waals surface area contributed by atoms with Gasteiger partial charge in [-0.25, -0.2) is 0 Å².